The van der Waals surface area contributed by atoms with Crippen LogP contribution in [0.4, 0.5) is 0 Å². The molecular formula is C11H21NO3. The molecule has 0 bridgehead atoms. The molecule has 2 atom stereocenters. The second kappa shape index (κ2) is 6.08. The summed E-state index contributed by atoms with van der Waals surface area (Å²) in [6.07, 6.45) is 1.30. The minimum absolute atomic E-state index is 0.0997. The highest BCUT2D eigenvalue weighted by Crippen LogP contribution is 2.13. The second-order valence-electron chi connectivity index (χ2n) is 4.52. The van der Waals surface area contributed by atoms with Crippen LogP contribution < -0.4 is 5.73 Å². The Hall–Kier alpha value is -0.610. The Morgan fingerprint density at radius 3 is 2.87 bits per heavy atom. The summed E-state index contributed by atoms with van der Waals surface area (Å²) in [6, 6.07) is -0.0997. The maximum Gasteiger partial charge on any atom is 0.307 e. The number of ether oxygens (including phenoxy) is 2. The fourth-order valence-corrected chi connectivity index (χ4v) is 1.41. The Balaban J connectivity index is 2.12. The van der Waals surface area contributed by atoms with Crippen molar-refractivity contribution in [2.24, 2.45) is 17.6 Å². The standard InChI is InChI=1S/C11H21NO3/c1-8(2)10(12)5-11(13)15-7-9-3-4-14-6-9/h8-10H,3-7,12H2,1-2H3. The highest BCUT2D eigenvalue weighted by Gasteiger charge is 2.19. The number of carbonyl (C=O) groups excluding carboxylic acids is 1. The molecule has 1 aliphatic rings. The molecule has 0 saturated carbocycles. The van der Waals surface area contributed by atoms with Crippen molar-refractivity contribution in [2.75, 3.05) is 19.8 Å². The van der Waals surface area contributed by atoms with E-state index >= 15 is 0 Å². The zero-order valence-electron chi connectivity index (χ0n) is 9.57. The first-order valence-corrected chi connectivity index (χ1v) is 5.58. The van der Waals surface area contributed by atoms with E-state index in [9.17, 15) is 4.79 Å². The first-order chi connectivity index (χ1) is 7.09. The van der Waals surface area contributed by atoms with Crippen LogP contribution in [0.2, 0.25) is 0 Å². The molecule has 0 amide bonds. The van der Waals surface area contributed by atoms with Gasteiger partial charge in [0.05, 0.1) is 19.6 Å². The van der Waals surface area contributed by atoms with Gasteiger partial charge >= 0.3 is 5.97 Å². The monoisotopic (exact) mass is 215 g/mol. The van der Waals surface area contributed by atoms with Gasteiger partial charge in [-0.3, -0.25) is 4.79 Å². The van der Waals surface area contributed by atoms with Crippen LogP contribution in [0.25, 0.3) is 0 Å². The van der Waals surface area contributed by atoms with Crippen molar-refractivity contribution in [3.05, 3.63) is 0 Å². The molecule has 1 aliphatic heterocycles. The van der Waals surface area contributed by atoms with Crippen LogP contribution in [-0.4, -0.2) is 31.8 Å². The molecule has 0 aromatic rings. The van der Waals surface area contributed by atoms with Gasteiger partial charge in [-0.05, 0) is 12.3 Å². The summed E-state index contributed by atoms with van der Waals surface area (Å²) in [5.41, 5.74) is 5.78. The molecule has 4 nitrogen and oxygen atoms in total. The van der Waals surface area contributed by atoms with E-state index in [1.807, 2.05) is 13.8 Å². The van der Waals surface area contributed by atoms with Gasteiger partial charge in [-0.1, -0.05) is 13.8 Å². The van der Waals surface area contributed by atoms with Crippen LogP contribution in [0.3, 0.4) is 0 Å². The molecule has 1 fully saturated rings. The molecule has 1 saturated heterocycles. The van der Waals surface area contributed by atoms with Gasteiger partial charge in [0.1, 0.15) is 0 Å². The summed E-state index contributed by atoms with van der Waals surface area (Å²) in [5.74, 6) is 0.500. The Morgan fingerprint density at radius 2 is 2.33 bits per heavy atom. The average Bonchev–Trinajstić information content (AvgIpc) is 2.66. The lowest BCUT2D eigenvalue weighted by Crippen LogP contribution is -2.30. The largest absolute Gasteiger partial charge is 0.465 e. The number of hydrogen-bond acceptors (Lipinski definition) is 4. The third-order valence-corrected chi connectivity index (χ3v) is 2.76. The summed E-state index contributed by atoms with van der Waals surface area (Å²) >= 11 is 0. The Kier molecular flexibility index (Phi) is 5.05. The van der Waals surface area contributed by atoms with E-state index in [1.54, 1.807) is 0 Å². The summed E-state index contributed by atoms with van der Waals surface area (Å²) in [5, 5.41) is 0. The lowest BCUT2D eigenvalue weighted by atomic mass is 10.0. The number of carbonyl (C=O) groups is 1. The first kappa shape index (κ1) is 12.5. The van der Waals surface area contributed by atoms with Gasteiger partial charge in [0.25, 0.3) is 0 Å². The van der Waals surface area contributed by atoms with E-state index in [-0.39, 0.29) is 12.0 Å². The molecule has 1 rings (SSSR count). The molecule has 88 valence electrons. The van der Waals surface area contributed by atoms with Gasteiger partial charge in [0.15, 0.2) is 0 Å². The second-order valence-corrected chi connectivity index (χ2v) is 4.52. The van der Waals surface area contributed by atoms with Crippen molar-refractivity contribution in [1.29, 1.82) is 0 Å². The average molecular weight is 215 g/mol. The van der Waals surface area contributed by atoms with Crippen molar-refractivity contribution < 1.29 is 14.3 Å². The van der Waals surface area contributed by atoms with Crippen molar-refractivity contribution >= 4 is 5.97 Å². The normalized spacial score (nSPS) is 23.1. The SMILES string of the molecule is CC(C)C(N)CC(=O)OCC1CCOC1. The predicted molar refractivity (Wildman–Crippen MR) is 57.3 cm³/mol. The van der Waals surface area contributed by atoms with Crippen LogP contribution in [0.1, 0.15) is 26.7 Å². The van der Waals surface area contributed by atoms with E-state index in [4.69, 9.17) is 15.2 Å². The lowest BCUT2D eigenvalue weighted by molar-refractivity contribution is -0.145. The fourth-order valence-electron chi connectivity index (χ4n) is 1.41. The minimum Gasteiger partial charge on any atom is -0.465 e. The van der Waals surface area contributed by atoms with Crippen LogP contribution in [0, 0.1) is 11.8 Å². The maximum absolute atomic E-state index is 11.4. The van der Waals surface area contributed by atoms with E-state index in [0.717, 1.165) is 13.0 Å². The van der Waals surface area contributed by atoms with E-state index < -0.39 is 0 Å². The quantitative estimate of drug-likeness (QED) is 0.693. The van der Waals surface area contributed by atoms with Crippen LogP contribution >= 0.6 is 0 Å². The van der Waals surface area contributed by atoms with Crippen molar-refractivity contribution in [2.45, 2.75) is 32.7 Å². The van der Waals surface area contributed by atoms with Gasteiger partial charge in [-0.25, -0.2) is 0 Å². The van der Waals surface area contributed by atoms with E-state index in [2.05, 4.69) is 0 Å². The van der Waals surface area contributed by atoms with Gasteiger partial charge < -0.3 is 15.2 Å². The molecule has 0 aromatic carbocycles. The van der Waals surface area contributed by atoms with Crippen LogP contribution in [-0.2, 0) is 14.3 Å². The molecule has 2 N–H and O–H groups in total. The molecule has 0 aromatic heterocycles. The highest BCUT2D eigenvalue weighted by molar-refractivity contribution is 5.70. The molecule has 0 spiro atoms. The molecule has 4 heteroatoms. The smallest absolute Gasteiger partial charge is 0.307 e. The molecule has 0 radical (unpaired) electrons. The van der Waals surface area contributed by atoms with E-state index in [0.29, 0.717) is 31.5 Å². The van der Waals surface area contributed by atoms with Crippen molar-refractivity contribution in [3.8, 4) is 0 Å². The van der Waals surface area contributed by atoms with Gasteiger partial charge in [-0.15, -0.1) is 0 Å². The maximum atomic E-state index is 11.4. The minimum atomic E-state index is -0.192. The molecule has 15 heavy (non-hydrogen) atoms. The fraction of sp³-hybridized carbons (Fsp3) is 0.909. The summed E-state index contributed by atoms with van der Waals surface area (Å²) in [6.45, 7) is 5.98. The number of nitrogens with two attached hydrogens (primary N) is 1. The highest BCUT2D eigenvalue weighted by atomic mass is 16.5. The Bertz CT molecular complexity index is 200. The summed E-state index contributed by atoms with van der Waals surface area (Å²) in [4.78, 5) is 11.4. The van der Waals surface area contributed by atoms with Crippen LogP contribution in [0.5, 0.6) is 0 Å². The van der Waals surface area contributed by atoms with Crippen molar-refractivity contribution in [3.63, 3.8) is 0 Å². The summed E-state index contributed by atoms with van der Waals surface area (Å²) in [7, 11) is 0. The van der Waals surface area contributed by atoms with Gasteiger partial charge in [-0.2, -0.15) is 0 Å². The molecule has 2 unspecified atom stereocenters. The lowest BCUT2D eigenvalue weighted by Gasteiger charge is -2.15. The number of hydrogen-bond donors (Lipinski definition) is 1. The zero-order valence-corrected chi connectivity index (χ0v) is 9.57. The Labute approximate surface area is 91.1 Å². The molecule has 1 heterocycles. The summed E-state index contributed by atoms with van der Waals surface area (Å²) < 4.78 is 10.3. The third kappa shape index (κ3) is 4.62. The zero-order chi connectivity index (χ0) is 11.3. The first-order valence-electron chi connectivity index (χ1n) is 5.58. The Morgan fingerprint density at radius 1 is 1.60 bits per heavy atom. The third-order valence-electron chi connectivity index (χ3n) is 2.76. The number of rotatable bonds is 5. The van der Waals surface area contributed by atoms with E-state index in [1.165, 1.54) is 0 Å². The van der Waals surface area contributed by atoms with Crippen molar-refractivity contribution in [1.82, 2.24) is 0 Å². The molecular weight excluding hydrogens is 194 g/mol. The van der Waals surface area contributed by atoms with Gasteiger partial charge in [0.2, 0.25) is 0 Å². The molecule has 0 aliphatic carbocycles. The topological polar surface area (TPSA) is 61.6 Å². The number of esters is 1. The van der Waals surface area contributed by atoms with Gasteiger partial charge in [0, 0.05) is 18.6 Å². The van der Waals surface area contributed by atoms with Crippen LogP contribution in [0.15, 0.2) is 0 Å². The predicted octanol–water partition coefficient (Wildman–Crippen LogP) is 0.939.